The van der Waals surface area contributed by atoms with Crippen LogP contribution in [-0.4, -0.2) is 73.5 Å². The van der Waals surface area contributed by atoms with Gasteiger partial charge in [0, 0.05) is 35.1 Å². The van der Waals surface area contributed by atoms with Gasteiger partial charge in [0.15, 0.2) is 31.2 Å². The zero-order valence-corrected chi connectivity index (χ0v) is 21.8. The van der Waals surface area contributed by atoms with E-state index in [1.54, 1.807) is 0 Å². The number of phenols is 2. The Labute approximate surface area is 219 Å². The third-order valence-corrected chi connectivity index (χ3v) is 10.3. The number of aromatic hydroxyl groups is 2. The highest BCUT2D eigenvalue weighted by Gasteiger charge is 2.37. The molecule has 4 rings (SSSR count). The molecule has 0 bridgehead atoms. The zero-order chi connectivity index (χ0) is 27.8. The fraction of sp³-hybridized carbons (Fsp3) is 0.308. The Morgan fingerprint density at radius 1 is 0.605 bits per heavy atom. The van der Waals surface area contributed by atoms with Crippen molar-refractivity contribution in [2.45, 2.75) is 35.5 Å². The summed E-state index contributed by atoms with van der Waals surface area (Å²) in [7, 11) is -8.55. The second-order valence-corrected chi connectivity index (χ2v) is 13.1. The molecular weight excluding hydrogens is 536 g/mol. The first-order chi connectivity index (χ1) is 18.0. The second kappa shape index (κ2) is 10.4. The summed E-state index contributed by atoms with van der Waals surface area (Å²) in [6, 6.07) is 7.62. The topological polar surface area (TPSA) is 183 Å². The number of unbranched alkanes of at least 4 members (excludes halogenated alkanes) is 2. The third kappa shape index (κ3) is 4.68. The first-order valence-corrected chi connectivity index (χ1v) is 15.2. The van der Waals surface area contributed by atoms with Gasteiger partial charge in [-0.25, -0.2) is 16.8 Å². The van der Waals surface area contributed by atoms with Crippen LogP contribution in [0, 0.1) is 0 Å². The highest BCUT2D eigenvalue weighted by atomic mass is 32.2. The van der Waals surface area contributed by atoms with E-state index in [0.29, 0.717) is 0 Å². The Bertz CT molecular complexity index is 1550. The minimum atomic E-state index is -4.28. The van der Waals surface area contributed by atoms with Gasteiger partial charge in [-0.15, -0.1) is 0 Å². The van der Waals surface area contributed by atoms with E-state index in [-0.39, 0.29) is 60.8 Å². The summed E-state index contributed by atoms with van der Waals surface area (Å²) in [5.74, 6) is -4.01. The summed E-state index contributed by atoms with van der Waals surface area (Å²) in [4.78, 5) is 25.2. The van der Waals surface area contributed by atoms with E-state index in [4.69, 9.17) is 10.2 Å². The molecule has 0 saturated carbocycles. The summed E-state index contributed by atoms with van der Waals surface area (Å²) in [5.41, 5.74) is -1.00. The fourth-order valence-corrected chi connectivity index (χ4v) is 8.26. The van der Waals surface area contributed by atoms with Gasteiger partial charge in [-0.2, -0.15) is 0 Å². The van der Waals surface area contributed by atoms with Crippen molar-refractivity contribution in [2.75, 3.05) is 24.7 Å². The summed E-state index contributed by atoms with van der Waals surface area (Å²) in [6.45, 7) is -0.532. The van der Waals surface area contributed by atoms with Crippen molar-refractivity contribution >= 4 is 42.0 Å². The van der Waals surface area contributed by atoms with Gasteiger partial charge in [-0.3, -0.25) is 9.59 Å². The quantitative estimate of drug-likeness (QED) is 0.165. The van der Waals surface area contributed by atoms with Gasteiger partial charge < -0.3 is 20.4 Å². The molecule has 0 radical (unpaired) electrons. The van der Waals surface area contributed by atoms with E-state index in [2.05, 4.69) is 0 Å². The Hall–Kier alpha value is -3.32. The van der Waals surface area contributed by atoms with Gasteiger partial charge in [0.2, 0.25) is 0 Å². The Kier molecular flexibility index (Phi) is 7.62. The molecule has 202 valence electrons. The van der Waals surface area contributed by atoms with Crippen LogP contribution in [0.5, 0.6) is 11.5 Å². The molecule has 10 nitrogen and oxygen atoms in total. The normalized spacial score (nSPS) is 13.5. The zero-order valence-electron chi connectivity index (χ0n) is 20.2. The van der Waals surface area contributed by atoms with Crippen LogP contribution < -0.4 is 0 Å². The van der Waals surface area contributed by atoms with Crippen molar-refractivity contribution < 1.29 is 46.9 Å². The van der Waals surface area contributed by atoms with Gasteiger partial charge in [0.25, 0.3) is 0 Å². The Balaban J connectivity index is 2.04. The molecule has 0 amide bonds. The maximum Gasteiger partial charge on any atom is 0.198 e. The monoisotopic (exact) mass is 562 g/mol. The maximum atomic E-state index is 13.3. The predicted octanol–water partition coefficient (Wildman–Crippen LogP) is 2.12. The highest BCUT2D eigenvalue weighted by Crippen LogP contribution is 2.46. The average Bonchev–Trinajstić information content (AvgIpc) is 2.88. The molecule has 0 saturated heterocycles. The Morgan fingerprint density at radius 3 is 1.32 bits per heavy atom. The van der Waals surface area contributed by atoms with Crippen molar-refractivity contribution in [3.63, 3.8) is 0 Å². The van der Waals surface area contributed by atoms with Crippen LogP contribution in [-0.2, 0) is 19.7 Å². The largest absolute Gasteiger partial charge is 0.506 e. The molecule has 0 unspecified atom stereocenters. The molecule has 38 heavy (non-hydrogen) atoms. The van der Waals surface area contributed by atoms with Crippen molar-refractivity contribution in [3.8, 4) is 11.5 Å². The van der Waals surface area contributed by atoms with E-state index >= 15 is 0 Å². The van der Waals surface area contributed by atoms with Crippen molar-refractivity contribution in [2.24, 2.45) is 0 Å². The average molecular weight is 563 g/mol. The van der Waals surface area contributed by atoms with E-state index in [9.17, 15) is 36.6 Å². The van der Waals surface area contributed by atoms with E-state index in [1.807, 2.05) is 0 Å². The number of carbonyl (C=O) groups is 2. The first kappa shape index (κ1) is 27.7. The molecule has 1 aliphatic rings. The van der Waals surface area contributed by atoms with Crippen LogP contribution in [0.15, 0.2) is 46.2 Å². The molecule has 3 aromatic carbocycles. The first-order valence-electron chi connectivity index (χ1n) is 11.9. The van der Waals surface area contributed by atoms with Gasteiger partial charge in [-0.05, 0) is 37.8 Å². The van der Waals surface area contributed by atoms with Crippen LogP contribution in [0.25, 0.3) is 10.8 Å². The molecule has 4 N–H and O–H groups in total. The maximum absolute atomic E-state index is 13.3. The number of sulfone groups is 2. The molecule has 0 fully saturated rings. The van der Waals surface area contributed by atoms with Gasteiger partial charge in [-0.1, -0.05) is 24.3 Å². The summed E-state index contributed by atoms with van der Waals surface area (Å²) in [5, 5.41) is 39.7. The number of hydrogen-bond donors (Lipinski definition) is 4. The highest BCUT2D eigenvalue weighted by molar-refractivity contribution is 7.94. The predicted molar refractivity (Wildman–Crippen MR) is 137 cm³/mol. The summed E-state index contributed by atoms with van der Waals surface area (Å²) in [6.07, 6.45) is 0.375. The lowest BCUT2D eigenvalue weighted by Gasteiger charge is -2.22. The fourth-order valence-electron chi connectivity index (χ4n) is 4.56. The Morgan fingerprint density at radius 2 is 0.974 bits per heavy atom. The molecule has 12 heteroatoms. The number of rotatable bonds is 10. The van der Waals surface area contributed by atoms with Crippen LogP contribution in [0.1, 0.15) is 57.5 Å². The SMILES string of the molecule is O=C1c2ccccc2C(=O)c2c1c(O)c1cc(S(=O)(=O)CCCCO)c(S(=O)(=O)CCCCO)cc1c2O. The van der Waals surface area contributed by atoms with Gasteiger partial charge >= 0.3 is 0 Å². The lowest BCUT2D eigenvalue weighted by molar-refractivity contribution is 0.0974. The number of hydrogen-bond acceptors (Lipinski definition) is 10. The minimum absolute atomic E-state index is 0.000945. The second-order valence-electron chi connectivity index (χ2n) is 8.99. The number of ketones is 2. The molecule has 0 aromatic heterocycles. The lowest BCUT2D eigenvalue weighted by atomic mass is 9.81. The molecule has 3 aromatic rings. The van der Waals surface area contributed by atoms with E-state index in [0.717, 1.165) is 12.1 Å². The number of fused-ring (bicyclic) bond motifs is 3. The third-order valence-electron chi connectivity index (χ3n) is 6.50. The number of aliphatic hydroxyl groups is 2. The van der Waals surface area contributed by atoms with Crippen molar-refractivity contribution in [1.29, 1.82) is 0 Å². The number of carbonyl (C=O) groups excluding carboxylic acids is 2. The molecule has 0 aliphatic heterocycles. The van der Waals surface area contributed by atoms with E-state index in [1.165, 1.54) is 24.3 Å². The van der Waals surface area contributed by atoms with Crippen LogP contribution >= 0.6 is 0 Å². The summed E-state index contributed by atoms with van der Waals surface area (Å²) < 4.78 is 53.0. The van der Waals surface area contributed by atoms with Crippen LogP contribution in [0.3, 0.4) is 0 Å². The van der Waals surface area contributed by atoms with Crippen molar-refractivity contribution in [1.82, 2.24) is 0 Å². The van der Waals surface area contributed by atoms with Crippen molar-refractivity contribution in [3.05, 3.63) is 58.7 Å². The molecular formula is C26H26O10S2. The number of aliphatic hydroxyl groups excluding tert-OH is 2. The molecule has 1 aliphatic carbocycles. The van der Waals surface area contributed by atoms with Crippen LogP contribution in [0.4, 0.5) is 0 Å². The number of benzene rings is 3. The van der Waals surface area contributed by atoms with E-state index < -0.39 is 75.2 Å². The summed E-state index contributed by atoms with van der Waals surface area (Å²) >= 11 is 0. The number of phenolic OH excluding ortho intramolecular Hbond substituents is 2. The standard InChI is InChI=1S/C26H26O10S2/c27-9-3-5-11-37(33,34)19-13-17-18(14-20(19)38(35,36)12-6-4-10-28)26(32)22-21(25(17)31)23(29)15-7-1-2-8-16(15)24(22)30/h1-2,7-8,13-14,27-28,31-32H,3-6,9-12H2. The lowest BCUT2D eigenvalue weighted by Crippen LogP contribution is -2.21. The minimum Gasteiger partial charge on any atom is -0.506 e. The van der Waals surface area contributed by atoms with Gasteiger partial charge in [0.1, 0.15) is 11.5 Å². The molecule has 0 atom stereocenters. The van der Waals surface area contributed by atoms with Gasteiger partial charge in [0.05, 0.1) is 32.4 Å². The molecule has 0 heterocycles. The smallest absolute Gasteiger partial charge is 0.198 e. The van der Waals surface area contributed by atoms with Crippen LogP contribution in [0.2, 0.25) is 0 Å². The molecule has 0 spiro atoms.